The molecule has 50 heavy (non-hydrogen) atoms. The van der Waals surface area contributed by atoms with E-state index in [4.69, 9.17) is 4.42 Å². The lowest BCUT2D eigenvalue weighted by Crippen LogP contribution is -1.97. The Morgan fingerprint density at radius 1 is 0.340 bits per heavy atom. The number of rotatable bonds is 5. The van der Waals surface area contributed by atoms with E-state index in [2.05, 4.69) is 187 Å². The summed E-state index contributed by atoms with van der Waals surface area (Å²) < 4.78 is 9.03. The Kier molecular flexibility index (Phi) is 6.53. The van der Waals surface area contributed by atoms with Crippen molar-refractivity contribution in [3.8, 4) is 50.2 Å². The van der Waals surface area contributed by atoms with Crippen molar-refractivity contribution >= 4 is 43.7 Å². The number of nitrogens with zero attached hydrogens (tertiary/aromatic N) is 1. The van der Waals surface area contributed by atoms with E-state index < -0.39 is 0 Å². The highest BCUT2D eigenvalue weighted by molar-refractivity contribution is 6.16. The predicted molar refractivity (Wildman–Crippen MR) is 210 cm³/mol. The van der Waals surface area contributed by atoms with E-state index in [1.807, 2.05) is 6.07 Å². The second-order valence-electron chi connectivity index (χ2n) is 12.9. The van der Waals surface area contributed by atoms with Gasteiger partial charge in [-0.15, -0.1) is 0 Å². The number of hydrogen-bond donors (Lipinski definition) is 0. The lowest BCUT2D eigenvalue weighted by Gasteiger charge is -2.15. The third kappa shape index (κ3) is 4.50. The largest absolute Gasteiger partial charge is 0.455 e. The Morgan fingerprint density at radius 2 is 0.960 bits per heavy atom. The van der Waals surface area contributed by atoms with Crippen molar-refractivity contribution in [3.05, 3.63) is 188 Å². The highest BCUT2D eigenvalue weighted by Crippen LogP contribution is 2.43. The molecule has 2 heteroatoms. The van der Waals surface area contributed by atoms with Gasteiger partial charge in [-0.3, -0.25) is 0 Å². The van der Waals surface area contributed by atoms with E-state index >= 15 is 0 Å². The molecule has 0 unspecified atom stereocenters. The fourth-order valence-electron chi connectivity index (χ4n) is 7.72. The minimum absolute atomic E-state index is 0.899. The third-order valence-electron chi connectivity index (χ3n) is 10.0. The molecule has 2 heterocycles. The summed E-state index contributed by atoms with van der Waals surface area (Å²) >= 11 is 0. The van der Waals surface area contributed by atoms with Gasteiger partial charge in [0.15, 0.2) is 0 Å². The number of furan rings is 1. The molecule has 0 bridgehead atoms. The highest BCUT2D eigenvalue weighted by atomic mass is 16.3. The molecular formula is C48H31NO. The maximum Gasteiger partial charge on any atom is 0.143 e. The maximum absolute atomic E-state index is 6.60. The Bertz CT molecular complexity index is 2860. The molecule has 10 aromatic rings. The molecule has 0 N–H and O–H groups in total. The highest BCUT2D eigenvalue weighted by Gasteiger charge is 2.19. The van der Waals surface area contributed by atoms with E-state index in [9.17, 15) is 0 Å². The van der Waals surface area contributed by atoms with Gasteiger partial charge in [0.05, 0.1) is 16.7 Å². The van der Waals surface area contributed by atoms with Crippen molar-refractivity contribution in [2.75, 3.05) is 0 Å². The molecule has 0 saturated heterocycles. The van der Waals surface area contributed by atoms with Gasteiger partial charge in [-0.1, -0.05) is 146 Å². The standard InChI is InChI=1S/C48H31NO/c1-3-14-32(15-4-1)34-26-29-45-42(31-34)40-21-8-11-24-44(40)49(45)43-23-10-7-20-37(43)35-18-13-19-36(30-35)38-27-28-39(33-16-5-2-6-17-33)48-47(38)41-22-9-12-25-46(41)50-48/h1-31H. The first-order chi connectivity index (χ1) is 24.8. The Morgan fingerprint density at radius 3 is 1.80 bits per heavy atom. The van der Waals surface area contributed by atoms with Crippen LogP contribution in [-0.2, 0) is 0 Å². The molecule has 2 nitrogen and oxygen atoms in total. The monoisotopic (exact) mass is 637 g/mol. The first kappa shape index (κ1) is 28.4. The van der Waals surface area contributed by atoms with Gasteiger partial charge < -0.3 is 8.98 Å². The fraction of sp³-hybridized carbons (Fsp3) is 0. The first-order valence-corrected chi connectivity index (χ1v) is 17.1. The lowest BCUT2D eigenvalue weighted by atomic mass is 9.92. The molecule has 0 radical (unpaired) electrons. The van der Waals surface area contributed by atoms with Crippen LogP contribution in [0.4, 0.5) is 0 Å². The van der Waals surface area contributed by atoms with Crippen molar-refractivity contribution in [2.45, 2.75) is 0 Å². The molecule has 0 amide bonds. The van der Waals surface area contributed by atoms with Gasteiger partial charge in [0.25, 0.3) is 0 Å². The third-order valence-corrected chi connectivity index (χ3v) is 10.0. The van der Waals surface area contributed by atoms with E-state index in [0.29, 0.717) is 0 Å². The Hall–Kier alpha value is -6.64. The molecule has 0 aliphatic rings. The Labute approximate surface area is 290 Å². The molecule has 0 fully saturated rings. The number of para-hydroxylation sites is 3. The predicted octanol–water partition coefficient (Wildman–Crippen LogP) is 13.4. The van der Waals surface area contributed by atoms with Gasteiger partial charge >= 0.3 is 0 Å². The summed E-state index contributed by atoms with van der Waals surface area (Å²) in [5.41, 5.74) is 14.7. The summed E-state index contributed by atoms with van der Waals surface area (Å²) in [4.78, 5) is 0. The van der Waals surface area contributed by atoms with Crippen LogP contribution >= 0.6 is 0 Å². The summed E-state index contributed by atoms with van der Waals surface area (Å²) in [6.07, 6.45) is 0. The van der Waals surface area contributed by atoms with Crippen molar-refractivity contribution < 1.29 is 4.42 Å². The van der Waals surface area contributed by atoms with Gasteiger partial charge in [0.2, 0.25) is 0 Å². The van der Waals surface area contributed by atoms with Crippen LogP contribution in [0.25, 0.3) is 93.9 Å². The molecular weight excluding hydrogens is 607 g/mol. The second kappa shape index (κ2) is 11.5. The van der Waals surface area contributed by atoms with E-state index in [1.165, 1.54) is 38.5 Å². The summed E-state index contributed by atoms with van der Waals surface area (Å²) in [6.45, 7) is 0. The van der Waals surface area contributed by atoms with Crippen molar-refractivity contribution in [3.63, 3.8) is 0 Å². The quantitative estimate of drug-likeness (QED) is 0.184. The lowest BCUT2D eigenvalue weighted by molar-refractivity contribution is 0.670. The summed E-state index contributed by atoms with van der Waals surface area (Å²) in [5.74, 6) is 0. The van der Waals surface area contributed by atoms with Crippen LogP contribution < -0.4 is 0 Å². The first-order valence-electron chi connectivity index (χ1n) is 17.1. The minimum atomic E-state index is 0.899. The van der Waals surface area contributed by atoms with Gasteiger partial charge in [-0.25, -0.2) is 0 Å². The number of hydrogen-bond acceptors (Lipinski definition) is 1. The van der Waals surface area contributed by atoms with Crippen LogP contribution in [0.1, 0.15) is 0 Å². The van der Waals surface area contributed by atoms with Crippen molar-refractivity contribution in [1.82, 2.24) is 4.57 Å². The zero-order valence-corrected chi connectivity index (χ0v) is 27.3. The Balaban J connectivity index is 1.16. The van der Waals surface area contributed by atoms with E-state index in [-0.39, 0.29) is 0 Å². The maximum atomic E-state index is 6.60. The average Bonchev–Trinajstić information content (AvgIpc) is 3.74. The van der Waals surface area contributed by atoms with Crippen LogP contribution in [-0.4, -0.2) is 4.57 Å². The number of aromatic nitrogens is 1. The van der Waals surface area contributed by atoms with Crippen LogP contribution in [0.15, 0.2) is 192 Å². The topological polar surface area (TPSA) is 18.1 Å². The SMILES string of the molecule is c1ccc(-c2ccc3c(c2)c2ccccc2n3-c2ccccc2-c2cccc(-c3ccc(-c4ccccc4)c4oc5ccccc5c34)c2)cc1. The molecule has 234 valence electrons. The summed E-state index contributed by atoms with van der Waals surface area (Å²) in [6, 6.07) is 67.3. The fourth-order valence-corrected chi connectivity index (χ4v) is 7.72. The van der Waals surface area contributed by atoms with Crippen LogP contribution in [0, 0.1) is 0 Å². The van der Waals surface area contributed by atoms with Gasteiger partial charge in [0.1, 0.15) is 11.2 Å². The van der Waals surface area contributed by atoms with Crippen molar-refractivity contribution in [1.29, 1.82) is 0 Å². The van der Waals surface area contributed by atoms with Gasteiger partial charge in [-0.05, 0) is 75.8 Å². The van der Waals surface area contributed by atoms with Gasteiger partial charge in [-0.2, -0.15) is 0 Å². The zero-order chi connectivity index (χ0) is 33.0. The summed E-state index contributed by atoms with van der Waals surface area (Å²) in [7, 11) is 0. The average molecular weight is 638 g/mol. The zero-order valence-electron chi connectivity index (χ0n) is 27.3. The van der Waals surface area contributed by atoms with Crippen LogP contribution in [0.2, 0.25) is 0 Å². The normalized spacial score (nSPS) is 11.6. The molecule has 10 rings (SSSR count). The molecule has 0 atom stereocenters. The molecule has 0 saturated carbocycles. The van der Waals surface area contributed by atoms with Crippen molar-refractivity contribution in [2.24, 2.45) is 0 Å². The number of benzene rings is 8. The van der Waals surface area contributed by atoms with Crippen LogP contribution in [0.3, 0.4) is 0 Å². The molecule has 8 aromatic carbocycles. The molecule has 0 aliphatic carbocycles. The molecule has 0 spiro atoms. The second-order valence-corrected chi connectivity index (χ2v) is 12.9. The molecule has 2 aromatic heterocycles. The number of fused-ring (bicyclic) bond motifs is 6. The van der Waals surface area contributed by atoms with E-state index in [1.54, 1.807) is 0 Å². The smallest absolute Gasteiger partial charge is 0.143 e. The molecule has 0 aliphatic heterocycles. The van der Waals surface area contributed by atoms with Gasteiger partial charge in [0, 0.05) is 32.7 Å². The minimum Gasteiger partial charge on any atom is -0.455 e. The summed E-state index contributed by atoms with van der Waals surface area (Å²) in [5, 5.41) is 4.76. The van der Waals surface area contributed by atoms with Crippen LogP contribution in [0.5, 0.6) is 0 Å². The van der Waals surface area contributed by atoms with E-state index in [0.717, 1.165) is 55.4 Å².